The van der Waals surface area contributed by atoms with Gasteiger partial charge in [-0.3, -0.25) is 0 Å². The lowest BCUT2D eigenvalue weighted by Gasteiger charge is -2.26. The molecule has 1 aromatic carbocycles. The van der Waals surface area contributed by atoms with E-state index in [1.165, 1.54) is 12.1 Å². The molecule has 0 fully saturated rings. The number of nitrogens with two attached hydrogens (primary N) is 1. The average molecular weight is 338 g/mol. The molecule has 0 radical (unpaired) electrons. The summed E-state index contributed by atoms with van der Waals surface area (Å²) in [6.07, 6.45) is -3.31. The lowest BCUT2D eigenvalue weighted by molar-refractivity contribution is -0.137. The summed E-state index contributed by atoms with van der Waals surface area (Å²) >= 11 is 0. The quantitative estimate of drug-likeness (QED) is 0.803. The summed E-state index contributed by atoms with van der Waals surface area (Å²) in [4.78, 5) is 0. The van der Waals surface area contributed by atoms with E-state index in [2.05, 4.69) is 4.72 Å². The van der Waals surface area contributed by atoms with Gasteiger partial charge in [0.05, 0.1) is 11.3 Å². The first-order valence-electron chi connectivity index (χ1n) is 6.94. The van der Waals surface area contributed by atoms with Gasteiger partial charge < -0.3 is 5.73 Å². The Morgan fingerprint density at radius 2 is 1.77 bits per heavy atom. The number of halogens is 3. The molecule has 1 aromatic rings. The van der Waals surface area contributed by atoms with Gasteiger partial charge in [0.15, 0.2) is 0 Å². The van der Waals surface area contributed by atoms with Gasteiger partial charge in [0.2, 0.25) is 10.0 Å². The van der Waals surface area contributed by atoms with Crippen LogP contribution in [0.15, 0.2) is 24.3 Å². The molecule has 0 heterocycles. The van der Waals surface area contributed by atoms with Crippen LogP contribution in [0.2, 0.25) is 0 Å². The molecule has 0 aliphatic heterocycles. The van der Waals surface area contributed by atoms with E-state index in [1.807, 2.05) is 13.8 Å². The van der Waals surface area contributed by atoms with E-state index in [0.717, 1.165) is 12.1 Å². The lowest BCUT2D eigenvalue weighted by Crippen LogP contribution is -2.49. The molecule has 3 N–H and O–H groups in total. The third kappa shape index (κ3) is 5.58. The van der Waals surface area contributed by atoms with Crippen LogP contribution in [0.4, 0.5) is 13.2 Å². The Labute approximate surface area is 128 Å². The normalized spacial score (nSPS) is 13.4. The van der Waals surface area contributed by atoms with Gasteiger partial charge in [-0.1, -0.05) is 32.0 Å². The second-order valence-corrected chi connectivity index (χ2v) is 7.15. The number of rotatable bonds is 7. The molecular formula is C14H21F3N2O2S. The van der Waals surface area contributed by atoms with Gasteiger partial charge >= 0.3 is 6.18 Å². The molecule has 126 valence electrons. The van der Waals surface area contributed by atoms with Crippen molar-refractivity contribution in [3.8, 4) is 0 Å². The highest BCUT2D eigenvalue weighted by atomic mass is 32.2. The van der Waals surface area contributed by atoms with Crippen LogP contribution in [0.25, 0.3) is 0 Å². The fourth-order valence-corrected chi connectivity index (χ4v) is 3.09. The highest BCUT2D eigenvalue weighted by Crippen LogP contribution is 2.29. The molecule has 0 unspecified atom stereocenters. The molecule has 0 aliphatic rings. The van der Waals surface area contributed by atoms with Crippen molar-refractivity contribution in [2.75, 3.05) is 6.54 Å². The Morgan fingerprint density at radius 1 is 1.18 bits per heavy atom. The topological polar surface area (TPSA) is 72.2 Å². The smallest absolute Gasteiger partial charge is 0.324 e. The Balaban J connectivity index is 2.81. The van der Waals surface area contributed by atoms with E-state index in [0.29, 0.717) is 12.8 Å². The lowest BCUT2D eigenvalue weighted by atomic mass is 9.95. The van der Waals surface area contributed by atoms with Crippen molar-refractivity contribution in [2.45, 2.75) is 44.2 Å². The van der Waals surface area contributed by atoms with Crippen LogP contribution in [0.1, 0.15) is 37.8 Å². The predicted octanol–water partition coefficient (Wildman–Crippen LogP) is 2.64. The van der Waals surface area contributed by atoms with Gasteiger partial charge in [0, 0.05) is 12.1 Å². The van der Waals surface area contributed by atoms with Crippen molar-refractivity contribution >= 4 is 10.0 Å². The first-order chi connectivity index (χ1) is 10.0. The molecule has 0 spiro atoms. The second-order valence-electron chi connectivity index (χ2n) is 5.35. The monoisotopic (exact) mass is 338 g/mol. The van der Waals surface area contributed by atoms with Gasteiger partial charge in [-0.15, -0.1) is 0 Å². The summed E-state index contributed by atoms with van der Waals surface area (Å²) < 4.78 is 64.2. The minimum atomic E-state index is -4.50. The third-order valence-electron chi connectivity index (χ3n) is 3.66. The van der Waals surface area contributed by atoms with Crippen LogP contribution in [-0.4, -0.2) is 20.5 Å². The van der Waals surface area contributed by atoms with Gasteiger partial charge in [0.25, 0.3) is 0 Å². The number of hydrogen-bond acceptors (Lipinski definition) is 3. The molecule has 0 bridgehead atoms. The fraction of sp³-hybridized carbons (Fsp3) is 0.571. The highest BCUT2D eigenvalue weighted by molar-refractivity contribution is 7.88. The maximum Gasteiger partial charge on any atom is 0.416 e. The zero-order valence-electron chi connectivity index (χ0n) is 12.6. The van der Waals surface area contributed by atoms with Gasteiger partial charge in [0.1, 0.15) is 0 Å². The van der Waals surface area contributed by atoms with Crippen LogP contribution >= 0.6 is 0 Å². The zero-order valence-corrected chi connectivity index (χ0v) is 13.4. The van der Waals surface area contributed by atoms with Crippen molar-refractivity contribution in [2.24, 2.45) is 5.73 Å². The van der Waals surface area contributed by atoms with E-state index < -0.39 is 33.1 Å². The van der Waals surface area contributed by atoms with E-state index in [4.69, 9.17) is 5.73 Å². The Hall–Kier alpha value is -1.12. The number of sulfonamides is 1. The Kier molecular flexibility index (Phi) is 6.00. The maximum absolute atomic E-state index is 12.6. The summed E-state index contributed by atoms with van der Waals surface area (Å²) in [5.41, 5.74) is 4.57. The summed E-state index contributed by atoms with van der Waals surface area (Å²) in [7, 11) is -3.75. The molecule has 0 amide bonds. The van der Waals surface area contributed by atoms with E-state index in [-0.39, 0.29) is 12.1 Å². The Bertz CT molecular complexity index is 596. The SMILES string of the molecule is CCC(N)(CC)CNS(=O)(=O)Cc1cccc(C(F)(F)F)c1. The van der Waals surface area contributed by atoms with Crippen molar-refractivity contribution < 1.29 is 21.6 Å². The molecule has 1 rings (SSSR count). The predicted molar refractivity (Wildman–Crippen MR) is 79.6 cm³/mol. The van der Waals surface area contributed by atoms with Crippen LogP contribution in [-0.2, 0) is 22.0 Å². The van der Waals surface area contributed by atoms with Crippen molar-refractivity contribution in [1.29, 1.82) is 0 Å². The summed E-state index contributed by atoms with van der Waals surface area (Å²) in [6.45, 7) is 3.76. The summed E-state index contributed by atoms with van der Waals surface area (Å²) in [6, 6.07) is 4.29. The van der Waals surface area contributed by atoms with E-state index in [1.54, 1.807) is 0 Å². The van der Waals surface area contributed by atoms with Gasteiger partial charge in [-0.25, -0.2) is 13.1 Å². The highest BCUT2D eigenvalue weighted by Gasteiger charge is 2.31. The standard InChI is InChI=1S/C14H21F3N2O2S/c1-3-13(18,4-2)10-19-22(20,21)9-11-6-5-7-12(8-11)14(15,16)17/h5-8,19H,3-4,9-10,18H2,1-2H3. The zero-order chi connectivity index (χ0) is 17.0. The second kappa shape index (κ2) is 6.97. The largest absolute Gasteiger partial charge is 0.416 e. The number of alkyl halides is 3. The number of nitrogens with one attached hydrogen (secondary N) is 1. The van der Waals surface area contributed by atoms with Crippen LogP contribution in [0, 0.1) is 0 Å². The first kappa shape index (κ1) is 18.9. The third-order valence-corrected chi connectivity index (χ3v) is 4.96. The van der Waals surface area contributed by atoms with Gasteiger partial charge in [-0.05, 0) is 24.5 Å². The Morgan fingerprint density at radius 3 is 2.27 bits per heavy atom. The van der Waals surface area contributed by atoms with E-state index in [9.17, 15) is 21.6 Å². The first-order valence-corrected chi connectivity index (χ1v) is 8.59. The molecule has 22 heavy (non-hydrogen) atoms. The van der Waals surface area contributed by atoms with Crippen molar-refractivity contribution in [3.63, 3.8) is 0 Å². The van der Waals surface area contributed by atoms with Gasteiger partial charge in [-0.2, -0.15) is 13.2 Å². The molecule has 0 aliphatic carbocycles. The molecular weight excluding hydrogens is 317 g/mol. The molecule has 0 saturated carbocycles. The summed E-state index contributed by atoms with van der Waals surface area (Å²) in [5.74, 6) is -0.513. The van der Waals surface area contributed by atoms with Crippen molar-refractivity contribution in [3.05, 3.63) is 35.4 Å². The van der Waals surface area contributed by atoms with Crippen LogP contribution in [0.5, 0.6) is 0 Å². The molecule has 0 saturated heterocycles. The van der Waals surface area contributed by atoms with Crippen LogP contribution in [0.3, 0.4) is 0 Å². The minimum absolute atomic E-state index is 0.0568. The van der Waals surface area contributed by atoms with E-state index >= 15 is 0 Å². The molecule has 8 heteroatoms. The number of hydrogen-bond donors (Lipinski definition) is 2. The molecule has 4 nitrogen and oxygen atoms in total. The maximum atomic E-state index is 12.6. The molecule has 0 atom stereocenters. The number of benzene rings is 1. The van der Waals surface area contributed by atoms with Crippen LogP contribution < -0.4 is 10.5 Å². The fourth-order valence-electron chi connectivity index (χ4n) is 1.86. The van der Waals surface area contributed by atoms with Crippen molar-refractivity contribution in [1.82, 2.24) is 4.72 Å². The minimum Gasteiger partial charge on any atom is -0.324 e. The summed E-state index contributed by atoms with van der Waals surface area (Å²) in [5, 5.41) is 0. The average Bonchev–Trinajstić information content (AvgIpc) is 2.44. The molecule has 0 aromatic heterocycles.